The SMILES string of the molecule is Cc1ccc(OC(=O)OCc2ccc(OP(=O)(OCCOCCN3C(=O)C=CC3=O)OCCOC(=O)c3ccccc3)cc2)cc1. The molecule has 0 N–H and O–H groups in total. The van der Waals surface area contributed by atoms with Gasteiger partial charge in [-0.3, -0.25) is 23.5 Å². The summed E-state index contributed by atoms with van der Waals surface area (Å²) >= 11 is 0. The van der Waals surface area contributed by atoms with Gasteiger partial charge in [0, 0.05) is 12.2 Å². The molecule has 1 aliphatic heterocycles. The van der Waals surface area contributed by atoms with Crippen LogP contribution in [-0.2, 0) is 44.0 Å². The van der Waals surface area contributed by atoms with Gasteiger partial charge in [0.15, 0.2) is 0 Å². The summed E-state index contributed by atoms with van der Waals surface area (Å²) in [5.41, 5.74) is 1.96. The molecule has 0 spiro atoms. The molecule has 1 aliphatic rings. The maximum atomic E-state index is 13.5. The third-order valence-corrected chi connectivity index (χ3v) is 7.56. The number of carbonyl (C=O) groups is 4. The Labute approximate surface area is 265 Å². The lowest BCUT2D eigenvalue weighted by atomic mass is 10.2. The number of hydrogen-bond donors (Lipinski definition) is 0. The first-order valence-electron chi connectivity index (χ1n) is 14.1. The van der Waals surface area contributed by atoms with Crippen LogP contribution < -0.4 is 9.26 Å². The molecule has 0 saturated heterocycles. The van der Waals surface area contributed by atoms with Crippen LogP contribution in [0.2, 0.25) is 0 Å². The fourth-order valence-electron chi connectivity index (χ4n) is 3.80. The largest absolute Gasteiger partial charge is 0.530 e. The molecule has 14 heteroatoms. The van der Waals surface area contributed by atoms with Crippen molar-refractivity contribution in [2.45, 2.75) is 13.5 Å². The maximum Gasteiger partial charge on any atom is 0.530 e. The van der Waals surface area contributed by atoms with Crippen LogP contribution in [0.1, 0.15) is 21.5 Å². The zero-order valence-corrected chi connectivity index (χ0v) is 25.8. The van der Waals surface area contributed by atoms with Crippen molar-refractivity contribution in [3.63, 3.8) is 0 Å². The van der Waals surface area contributed by atoms with Crippen molar-refractivity contribution in [1.82, 2.24) is 4.90 Å². The van der Waals surface area contributed by atoms with Gasteiger partial charge in [-0.2, -0.15) is 0 Å². The lowest BCUT2D eigenvalue weighted by Gasteiger charge is -2.19. The number of phosphoric ester groups is 1. The first-order valence-corrected chi connectivity index (χ1v) is 15.6. The normalized spacial score (nSPS) is 13.7. The molecule has 3 aromatic rings. The number of benzene rings is 3. The summed E-state index contributed by atoms with van der Waals surface area (Å²) in [6.07, 6.45) is 1.47. The van der Waals surface area contributed by atoms with Gasteiger partial charge < -0.3 is 23.5 Å². The Kier molecular flexibility index (Phi) is 12.6. The predicted octanol–water partition coefficient (Wildman–Crippen LogP) is 5.03. The smallest absolute Gasteiger partial charge is 0.460 e. The van der Waals surface area contributed by atoms with Crippen LogP contribution in [0.3, 0.4) is 0 Å². The van der Waals surface area contributed by atoms with Gasteiger partial charge >= 0.3 is 19.9 Å². The number of ether oxygens (including phenoxy) is 4. The molecular formula is C32H32NO12P. The number of amides is 2. The van der Waals surface area contributed by atoms with E-state index in [0.29, 0.717) is 16.9 Å². The van der Waals surface area contributed by atoms with Crippen molar-refractivity contribution in [2.75, 3.05) is 39.6 Å². The van der Waals surface area contributed by atoms with Crippen molar-refractivity contribution in [1.29, 1.82) is 0 Å². The molecule has 2 amide bonds. The number of esters is 1. The summed E-state index contributed by atoms with van der Waals surface area (Å²) in [4.78, 5) is 48.5. The molecule has 242 valence electrons. The Hall–Kier alpha value is -4.81. The quantitative estimate of drug-likeness (QED) is 0.0631. The Morgan fingerprint density at radius 3 is 2.02 bits per heavy atom. The van der Waals surface area contributed by atoms with Crippen LogP contribution in [0.25, 0.3) is 0 Å². The molecular weight excluding hydrogens is 621 g/mol. The van der Waals surface area contributed by atoms with Crippen molar-refractivity contribution in [2.24, 2.45) is 0 Å². The lowest BCUT2D eigenvalue weighted by Crippen LogP contribution is -2.33. The molecule has 0 fully saturated rings. The average molecular weight is 654 g/mol. The minimum atomic E-state index is -4.26. The monoisotopic (exact) mass is 653 g/mol. The lowest BCUT2D eigenvalue weighted by molar-refractivity contribution is -0.137. The molecule has 0 saturated carbocycles. The van der Waals surface area contributed by atoms with Gasteiger partial charge in [-0.25, -0.2) is 14.2 Å². The van der Waals surface area contributed by atoms with E-state index < -0.39 is 31.8 Å². The second-order valence-electron chi connectivity index (χ2n) is 9.58. The van der Waals surface area contributed by atoms with E-state index in [9.17, 15) is 23.7 Å². The summed E-state index contributed by atoms with van der Waals surface area (Å²) < 4.78 is 50.7. The fourth-order valence-corrected chi connectivity index (χ4v) is 4.95. The van der Waals surface area contributed by atoms with E-state index in [-0.39, 0.29) is 51.9 Å². The van der Waals surface area contributed by atoms with Crippen LogP contribution in [0.5, 0.6) is 11.5 Å². The van der Waals surface area contributed by atoms with E-state index in [1.54, 1.807) is 66.7 Å². The number of phosphoric acid groups is 1. The average Bonchev–Trinajstić information content (AvgIpc) is 3.38. The summed E-state index contributed by atoms with van der Waals surface area (Å²) in [7, 11) is -4.26. The maximum absolute atomic E-state index is 13.5. The first kappa shape index (κ1) is 34.1. The summed E-state index contributed by atoms with van der Waals surface area (Å²) in [5, 5.41) is 0. The van der Waals surface area contributed by atoms with Crippen LogP contribution in [0.4, 0.5) is 4.79 Å². The minimum Gasteiger partial charge on any atom is -0.460 e. The van der Waals surface area contributed by atoms with Gasteiger partial charge in [0.05, 0.1) is 38.5 Å². The van der Waals surface area contributed by atoms with E-state index >= 15 is 0 Å². The Morgan fingerprint density at radius 1 is 0.717 bits per heavy atom. The van der Waals surface area contributed by atoms with Gasteiger partial charge in [0.2, 0.25) is 0 Å². The van der Waals surface area contributed by atoms with Crippen molar-refractivity contribution < 1.29 is 56.3 Å². The standard InChI is InChI=1S/C32H32NO12P/c1-24-7-11-27(12-8-24)44-32(37)41-23-25-9-13-28(14-10-25)45-46(38,43-22-20-40-31(36)26-5-3-2-4-6-26)42-21-19-39-18-17-33-29(34)15-16-30(33)35/h2-16H,17-23H2,1H3. The van der Waals surface area contributed by atoms with Crippen LogP contribution in [0, 0.1) is 6.92 Å². The molecule has 46 heavy (non-hydrogen) atoms. The Balaban J connectivity index is 1.26. The molecule has 1 heterocycles. The van der Waals surface area contributed by atoms with Crippen molar-refractivity contribution in [3.8, 4) is 11.5 Å². The Bertz CT molecular complexity index is 1540. The van der Waals surface area contributed by atoms with E-state index in [0.717, 1.165) is 10.5 Å². The fraction of sp³-hybridized carbons (Fsp3) is 0.250. The molecule has 0 bridgehead atoms. The van der Waals surface area contributed by atoms with E-state index in [1.807, 2.05) is 6.92 Å². The van der Waals surface area contributed by atoms with E-state index in [2.05, 4.69) is 0 Å². The number of aryl methyl sites for hydroxylation is 1. The van der Waals surface area contributed by atoms with Crippen molar-refractivity contribution >= 4 is 31.8 Å². The number of rotatable bonds is 17. The van der Waals surface area contributed by atoms with Crippen LogP contribution in [0.15, 0.2) is 91.0 Å². The van der Waals surface area contributed by atoms with Gasteiger partial charge in [-0.1, -0.05) is 48.0 Å². The van der Waals surface area contributed by atoms with Gasteiger partial charge in [-0.15, -0.1) is 0 Å². The molecule has 1 atom stereocenters. The molecule has 1 unspecified atom stereocenters. The number of carbonyl (C=O) groups excluding carboxylic acids is 4. The third-order valence-electron chi connectivity index (χ3n) is 6.13. The Morgan fingerprint density at radius 2 is 1.35 bits per heavy atom. The van der Waals surface area contributed by atoms with Crippen molar-refractivity contribution in [3.05, 3.63) is 108 Å². The summed E-state index contributed by atoms with van der Waals surface area (Å²) in [6.45, 7) is 1.07. The third kappa shape index (κ3) is 11.0. The van der Waals surface area contributed by atoms with E-state index in [4.69, 9.17) is 32.5 Å². The molecule has 0 aliphatic carbocycles. The summed E-state index contributed by atoms with van der Waals surface area (Å²) in [6, 6.07) is 21.4. The minimum absolute atomic E-state index is 0.0338. The predicted molar refractivity (Wildman–Crippen MR) is 162 cm³/mol. The number of hydrogen-bond acceptors (Lipinski definition) is 12. The highest BCUT2D eigenvalue weighted by Crippen LogP contribution is 2.49. The molecule has 13 nitrogen and oxygen atoms in total. The second kappa shape index (κ2) is 17.0. The molecule has 0 radical (unpaired) electrons. The number of imide groups is 1. The zero-order valence-electron chi connectivity index (χ0n) is 24.9. The van der Waals surface area contributed by atoms with Gasteiger partial charge in [0.25, 0.3) is 11.8 Å². The first-order chi connectivity index (χ1) is 22.2. The zero-order chi connectivity index (χ0) is 32.8. The topological polar surface area (TPSA) is 153 Å². The highest BCUT2D eigenvalue weighted by atomic mass is 31.2. The number of nitrogens with zero attached hydrogens (tertiary/aromatic N) is 1. The van der Waals surface area contributed by atoms with Gasteiger partial charge in [-0.05, 0) is 48.9 Å². The molecule has 0 aromatic heterocycles. The summed E-state index contributed by atoms with van der Waals surface area (Å²) in [5.74, 6) is -0.966. The van der Waals surface area contributed by atoms with E-state index in [1.165, 1.54) is 24.3 Å². The van der Waals surface area contributed by atoms with Crippen LogP contribution in [-0.4, -0.2) is 68.4 Å². The second-order valence-corrected chi connectivity index (χ2v) is 11.2. The highest BCUT2D eigenvalue weighted by molar-refractivity contribution is 7.48. The van der Waals surface area contributed by atoms with Gasteiger partial charge in [0.1, 0.15) is 24.7 Å². The molecule has 3 aromatic carbocycles. The highest BCUT2D eigenvalue weighted by Gasteiger charge is 2.29. The molecule has 4 rings (SSSR count). The van der Waals surface area contributed by atoms with Crippen LogP contribution >= 0.6 is 7.82 Å².